The van der Waals surface area contributed by atoms with Gasteiger partial charge in [0.05, 0.1) is 19.0 Å². The number of benzene rings is 1. The fourth-order valence-corrected chi connectivity index (χ4v) is 2.74. The Morgan fingerprint density at radius 3 is 2.76 bits per heavy atom. The molecule has 1 atom stereocenters. The highest BCUT2D eigenvalue weighted by Gasteiger charge is 2.14. The highest BCUT2D eigenvalue weighted by Crippen LogP contribution is 2.12. The number of hydrogen-bond acceptors (Lipinski definition) is 5. The van der Waals surface area contributed by atoms with E-state index < -0.39 is 6.10 Å². The summed E-state index contributed by atoms with van der Waals surface area (Å²) in [6, 6.07) is 12.0. The number of nitrogens with zero attached hydrogens (tertiary/aromatic N) is 1. The first-order valence-corrected chi connectivity index (χ1v) is 8.73. The first-order valence-electron chi connectivity index (χ1n) is 8.73. The summed E-state index contributed by atoms with van der Waals surface area (Å²) in [6.45, 7) is 5.75. The van der Waals surface area contributed by atoms with Gasteiger partial charge in [0.25, 0.3) is 0 Å². The van der Waals surface area contributed by atoms with Crippen LogP contribution in [-0.2, 0) is 22.6 Å². The van der Waals surface area contributed by atoms with E-state index in [9.17, 15) is 5.11 Å². The Balaban J connectivity index is 1.82. The Morgan fingerprint density at radius 2 is 2.04 bits per heavy atom. The average Bonchev–Trinajstić information content (AvgIpc) is 3.10. The fourth-order valence-electron chi connectivity index (χ4n) is 2.74. The van der Waals surface area contributed by atoms with E-state index in [1.54, 1.807) is 13.4 Å². The SMILES string of the molecule is COCCCN(Cc1ccccc1C)CC(O)COCc1ccco1. The first-order chi connectivity index (χ1) is 12.2. The Morgan fingerprint density at radius 1 is 1.20 bits per heavy atom. The molecule has 0 radical (unpaired) electrons. The molecule has 5 heteroatoms. The van der Waals surface area contributed by atoms with Gasteiger partial charge in [-0.15, -0.1) is 0 Å². The molecular weight excluding hydrogens is 318 g/mol. The molecule has 0 saturated carbocycles. The van der Waals surface area contributed by atoms with Crippen LogP contribution in [0.5, 0.6) is 0 Å². The van der Waals surface area contributed by atoms with Crippen molar-refractivity contribution in [2.45, 2.75) is 32.6 Å². The predicted molar refractivity (Wildman–Crippen MR) is 97.3 cm³/mol. The molecule has 0 aliphatic rings. The van der Waals surface area contributed by atoms with Crippen LogP contribution in [0.3, 0.4) is 0 Å². The van der Waals surface area contributed by atoms with E-state index in [1.165, 1.54) is 11.1 Å². The molecular formula is C20H29NO4. The molecule has 0 aliphatic carbocycles. The topological polar surface area (TPSA) is 55.1 Å². The molecule has 5 nitrogen and oxygen atoms in total. The average molecular weight is 347 g/mol. The van der Waals surface area contributed by atoms with E-state index in [0.29, 0.717) is 13.2 Å². The van der Waals surface area contributed by atoms with E-state index in [2.05, 4.69) is 30.0 Å². The molecule has 1 unspecified atom stereocenters. The summed E-state index contributed by atoms with van der Waals surface area (Å²) in [7, 11) is 1.71. The van der Waals surface area contributed by atoms with Crippen LogP contribution in [0.15, 0.2) is 47.1 Å². The van der Waals surface area contributed by atoms with Gasteiger partial charge in [0.1, 0.15) is 12.4 Å². The number of aliphatic hydroxyl groups excluding tert-OH is 1. The lowest BCUT2D eigenvalue weighted by Crippen LogP contribution is -2.35. The van der Waals surface area contributed by atoms with Crippen LogP contribution < -0.4 is 0 Å². The quantitative estimate of drug-likeness (QED) is 0.598. The lowest BCUT2D eigenvalue weighted by Gasteiger charge is -2.25. The summed E-state index contributed by atoms with van der Waals surface area (Å²) in [5.74, 6) is 0.768. The minimum atomic E-state index is -0.540. The third-order valence-corrected chi connectivity index (χ3v) is 4.08. The number of methoxy groups -OCH3 is 1. The fraction of sp³-hybridized carbons (Fsp3) is 0.500. The monoisotopic (exact) mass is 347 g/mol. The minimum absolute atomic E-state index is 0.287. The van der Waals surface area contributed by atoms with Crippen molar-refractivity contribution in [2.75, 3.05) is 33.4 Å². The maximum atomic E-state index is 10.3. The van der Waals surface area contributed by atoms with Crippen LogP contribution in [0.2, 0.25) is 0 Å². The standard InChI is InChI=1S/C20H29NO4/c1-17-7-3-4-8-18(17)13-21(10-6-11-23-2)14-19(22)15-24-16-20-9-5-12-25-20/h3-5,7-9,12,19,22H,6,10-11,13-16H2,1-2H3. The smallest absolute Gasteiger partial charge is 0.129 e. The van der Waals surface area contributed by atoms with Crippen molar-refractivity contribution in [3.8, 4) is 0 Å². The van der Waals surface area contributed by atoms with Crippen molar-refractivity contribution in [1.82, 2.24) is 4.90 Å². The zero-order valence-electron chi connectivity index (χ0n) is 15.2. The molecule has 1 aromatic heterocycles. The summed E-state index contributed by atoms with van der Waals surface area (Å²) in [6.07, 6.45) is 2.01. The van der Waals surface area contributed by atoms with Crippen LogP contribution in [-0.4, -0.2) is 49.5 Å². The molecule has 2 rings (SSSR count). The number of furan rings is 1. The molecule has 0 amide bonds. The van der Waals surface area contributed by atoms with Crippen LogP contribution in [0, 0.1) is 6.92 Å². The molecule has 1 aromatic carbocycles. The van der Waals surface area contributed by atoms with E-state index in [1.807, 2.05) is 18.2 Å². The largest absolute Gasteiger partial charge is 0.467 e. The summed E-state index contributed by atoms with van der Waals surface area (Å²) in [5, 5.41) is 10.3. The van der Waals surface area contributed by atoms with Gasteiger partial charge in [-0.3, -0.25) is 4.90 Å². The van der Waals surface area contributed by atoms with Crippen LogP contribution in [0.4, 0.5) is 0 Å². The van der Waals surface area contributed by atoms with Gasteiger partial charge in [-0.2, -0.15) is 0 Å². The van der Waals surface area contributed by atoms with Gasteiger partial charge < -0.3 is 19.0 Å². The second kappa shape index (κ2) is 11.1. The summed E-state index contributed by atoms with van der Waals surface area (Å²) >= 11 is 0. The van der Waals surface area contributed by atoms with Gasteiger partial charge in [0.15, 0.2) is 0 Å². The first kappa shape index (κ1) is 19.7. The Kier molecular flexibility index (Phi) is 8.69. The Hall–Kier alpha value is -1.66. The number of aliphatic hydroxyl groups is 1. The van der Waals surface area contributed by atoms with Crippen molar-refractivity contribution in [3.63, 3.8) is 0 Å². The maximum Gasteiger partial charge on any atom is 0.129 e. The van der Waals surface area contributed by atoms with E-state index in [4.69, 9.17) is 13.9 Å². The highest BCUT2D eigenvalue weighted by atomic mass is 16.5. The van der Waals surface area contributed by atoms with E-state index in [0.717, 1.165) is 31.9 Å². The van der Waals surface area contributed by atoms with Crippen LogP contribution in [0.1, 0.15) is 23.3 Å². The molecule has 1 heterocycles. The van der Waals surface area contributed by atoms with Crippen molar-refractivity contribution in [3.05, 3.63) is 59.5 Å². The minimum Gasteiger partial charge on any atom is -0.467 e. The lowest BCUT2D eigenvalue weighted by molar-refractivity contribution is 0.00279. The van der Waals surface area contributed by atoms with Crippen LogP contribution >= 0.6 is 0 Å². The number of rotatable bonds is 12. The van der Waals surface area contributed by atoms with E-state index in [-0.39, 0.29) is 6.61 Å². The molecule has 2 aromatic rings. The third-order valence-electron chi connectivity index (χ3n) is 4.08. The lowest BCUT2D eigenvalue weighted by atomic mass is 10.1. The van der Waals surface area contributed by atoms with Crippen LogP contribution in [0.25, 0.3) is 0 Å². The van der Waals surface area contributed by atoms with Crippen molar-refractivity contribution in [1.29, 1.82) is 0 Å². The molecule has 0 bridgehead atoms. The van der Waals surface area contributed by atoms with Gasteiger partial charge in [-0.05, 0) is 36.6 Å². The second-order valence-corrected chi connectivity index (χ2v) is 6.26. The zero-order valence-corrected chi connectivity index (χ0v) is 15.2. The molecule has 0 fully saturated rings. The Bertz CT molecular complexity index is 585. The molecule has 0 aliphatic heterocycles. The summed E-state index contributed by atoms with van der Waals surface area (Å²) in [4.78, 5) is 2.25. The van der Waals surface area contributed by atoms with Gasteiger partial charge in [-0.1, -0.05) is 24.3 Å². The summed E-state index contributed by atoms with van der Waals surface area (Å²) < 4.78 is 15.9. The van der Waals surface area contributed by atoms with Crippen molar-refractivity contribution >= 4 is 0 Å². The number of hydrogen-bond donors (Lipinski definition) is 1. The predicted octanol–water partition coefficient (Wildman–Crippen LogP) is 3.00. The zero-order chi connectivity index (χ0) is 17.9. The second-order valence-electron chi connectivity index (χ2n) is 6.26. The molecule has 25 heavy (non-hydrogen) atoms. The normalized spacial score (nSPS) is 12.6. The van der Waals surface area contributed by atoms with Crippen molar-refractivity contribution in [2.24, 2.45) is 0 Å². The van der Waals surface area contributed by atoms with Gasteiger partial charge in [-0.25, -0.2) is 0 Å². The summed E-state index contributed by atoms with van der Waals surface area (Å²) in [5.41, 5.74) is 2.55. The van der Waals surface area contributed by atoms with Gasteiger partial charge >= 0.3 is 0 Å². The van der Waals surface area contributed by atoms with Crippen molar-refractivity contribution < 1.29 is 19.0 Å². The van der Waals surface area contributed by atoms with E-state index >= 15 is 0 Å². The molecule has 138 valence electrons. The molecule has 0 saturated heterocycles. The van der Waals surface area contributed by atoms with Gasteiger partial charge in [0.2, 0.25) is 0 Å². The maximum absolute atomic E-state index is 10.3. The number of ether oxygens (including phenoxy) is 2. The highest BCUT2D eigenvalue weighted by molar-refractivity contribution is 5.25. The van der Waals surface area contributed by atoms with Gasteiger partial charge in [0, 0.05) is 33.4 Å². The number of aryl methyl sites for hydroxylation is 1. The molecule has 1 N–H and O–H groups in total. The third kappa shape index (κ3) is 7.40. The molecule has 0 spiro atoms. The Labute approximate surface area is 150 Å².